The maximum atomic E-state index is 12.0. The highest BCUT2D eigenvalue weighted by Crippen LogP contribution is 2.42. The van der Waals surface area contributed by atoms with E-state index in [2.05, 4.69) is 6.92 Å². The molecule has 1 aromatic heterocycles. The highest BCUT2D eigenvalue weighted by Gasteiger charge is 2.36. The molecule has 0 unspecified atom stereocenters. The quantitative estimate of drug-likeness (QED) is 0.467. The molecule has 1 heterocycles. The molecular formula is C14H16Cl3NO3. The number of halogens is 3. The lowest BCUT2D eigenvalue weighted by atomic mass is 9.70. The maximum Gasteiger partial charge on any atom is 0.354 e. The second-order valence-corrected chi connectivity index (χ2v) is 8.01. The van der Waals surface area contributed by atoms with Crippen LogP contribution in [0.2, 0.25) is 0 Å². The highest BCUT2D eigenvalue weighted by molar-refractivity contribution is 6.77. The Morgan fingerprint density at radius 2 is 2.00 bits per heavy atom. The minimum absolute atomic E-state index is 0.127. The van der Waals surface area contributed by atoms with Gasteiger partial charge in [-0.25, -0.2) is 4.79 Å². The zero-order valence-corrected chi connectivity index (χ0v) is 14.1. The van der Waals surface area contributed by atoms with Gasteiger partial charge in [0.15, 0.2) is 0 Å². The van der Waals surface area contributed by atoms with Crippen LogP contribution in [0.1, 0.15) is 47.0 Å². The number of esters is 1. The van der Waals surface area contributed by atoms with E-state index in [4.69, 9.17) is 39.5 Å². The fourth-order valence-corrected chi connectivity index (χ4v) is 2.88. The van der Waals surface area contributed by atoms with E-state index in [1.54, 1.807) is 10.8 Å². The van der Waals surface area contributed by atoms with Crippen molar-refractivity contribution in [1.82, 2.24) is 4.57 Å². The van der Waals surface area contributed by atoms with Crippen molar-refractivity contribution in [2.45, 2.75) is 36.5 Å². The van der Waals surface area contributed by atoms with Crippen LogP contribution in [0.3, 0.4) is 0 Å². The van der Waals surface area contributed by atoms with E-state index in [9.17, 15) is 9.59 Å². The largest absolute Gasteiger partial charge is 0.464 e. The highest BCUT2D eigenvalue weighted by atomic mass is 35.6. The molecule has 0 bridgehead atoms. The minimum atomic E-state index is -2.04. The van der Waals surface area contributed by atoms with Gasteiger partial charge in [-0.15, -0.1) is 0 Å². The number of ketones is 1. The van der Waals surface area contributed by atoms with Crippen LogP contribution in [0.5, 0.6) is 0 Å². The number of hydrogen-bond donors (Lipinski definition) is 0. The molecule has 0 atom stereocenters. The molecule has 21 heavy (non-hydrogen) atoms. The summed E-state index contributed by atoms with van der Waals surface area (Å²) >= 11 is 16.9. The zero-order valence-electron chi connectivity index (χ0n) is 11.8. The van der Waals surface area contributed by atoms with Crippen molar-refractivity contribution >= 4 is 46.6 Å². The van der Waals surface area contributed by atoms with Crippen molar-refractivity contribution in [3.05, 3.63) is 23.5 Å². The predicted octanol–water partition coefficient (Wildman–Crippen LogP) is 4.02. The van der Waals surface area contributed by atoms with Gasteiger partial charge < -0.3 is 9.30 Å². The fourth-order valence-electron chi connectivity index (χ4n) is 2.55. The Kier molecular flexibility index (Phi) is 4.62. The van der Waals surface area contributed by atoms with Gasteiger partial charge in [0.05, 0.1) is 7.11 Å². The van der Waals surface area contributed by atoms with E-state index in [-0.39, 0.29) is 11.0 Å². The van der Waals surface area contributed by atoms with Crippen LogP contribution in [0.4, 0.5) is 0 Å². The van der Waals surface area contributed by atoms with Crippen molar-refractivity contribution in [3.63, 3.8) is 0 Å². The van der Waals surface area contributed by atoms with Crippen LogP contribution in [-0.4, -0.2) is 27.2 Å². The number of rotatable bonds is 4. The summed E-state index contributed by atoms with van der Waals surface area (Å²) in [7, 11) is 1.29. The number of nitrogens with zero attached hydrogens (tertiary/aromatic N) is 1. The van der Waals surface area contributed by atoms with Crippen LogP contribution in [0.15, 0.2) is 12.3 Å². The van der Waals surface area contributed by atoms with Gasteiger partial charge in [0.2, 0.25) is 5.78 Å². The Hall–Kier alpha value is -0.710. The molecular weight excluding hydrogens is 337 g/mol. The summed E-state index contributed by atoms with van der Waals surface area (Å²) in [6.07, 6.45) is 4.89. The van der Waals surface area contributed by atoms with Crippen LogP contribution in [-0.2, 0) is 11.3 Å². The lowest BCUT2D eigenvalue weighted by molar-refractivity contribution is 0.0577. The first-order chi connectivity index (χ1) is 9.66. The number of aromatic nitrogens is 1. The third-order valence-electron chi connectivity index (χ3n) is 3.92. The molecule has 0 radical (unpaired) electrons. The van der Waals surface area contributed by atoms with Gasteiger partial charge in [-0.1, -0.05) is 48.1 Å². The molecule has 1 saturated carbocycles. The Balaban J connectivity index is 2.35. The lowest BCUT2D eigenvalue weighted by Crippen LogP contribution is -2.31. The predicted molar refractivity (Wildman–Crippen MR) is 82.4 cm³/mol. The monoisotopic (exact) mass is 351 g/mol. The molecule has 0 aliphatic heterocycles. The summed E-state index contributed by atoms with van der Waals surface area (Å²) in [6.45, 7) is 2.78. The molecule has 1 aromatic rings. The molecule has 2 rings (SSSR count). The molecule has 0 aromatic carbocycles. The van der Waals surface area contributed by atoms with Gasteiger partial charge in [-0.2, -0.15) is 0 Å². The maximum absolute atomic E-state index is 12.0. The lowest BCUT2D eigenvalue weighted by Gasteiger charge is -2.39. The van der Waals surface area contributed by atoms with Gasteiger partial charge in [0, 0.05) is 18.3 Å². The molecule has 1 aliphatic carbocycles. The van der Waals surface area contributed by atoms with E-state index in [0.29, 0.717) is 12.2 Å². The second-order valence-electron chi connectivity index (χ2n) is 5.72. The topological polar surface area (TPSA) is 48.3 Å². The molecule has 0 N–H and O–H groups in total. The minimum Gasteiger partial charge on any atom is -0.464 e. The number of hydrogen-bond acceptors (Lipinski definition) is 3. The van der Waals surface area contributed by atoms with Crippen LogP contribution < -0.4 is 0 Å². The second kappa shape index (κ2) is 5.82. The summed E-state index contributed by atoms with van der Waals surface area (Å²) < 4.78 is 4.43. The van der Waals surface area contributed by atoms with Crippen molar-refractivity contribution in [2.75, 3.05) is 7.11 Å². The number of carbonyl (C=O) groups excluding carboxylic acids is 2. The van der Waals surface area contributed by atoms with Crippen molar-refractivity contribution in [3.8, 4) is 0 Å². The van der Waals surface area contributed by atoms with Crippen molar-refractivity contribution in [1.29, 1.82) is 0 Å². The molecule has 1 fully saturated rings. The molecule has 0 spiro atoms. The smallest absolute Gasteiger partial charge is 0.354 e. The summed E-state index contributed by atoms with van der Waals surface area (Å²) in [5.74, 6) is -1.17. The summed E-state index contributed by atoms with van der Waals surface area (Å²) in [6, 6.07) is 1.41. The van der Waals surface area contributed by atoms with E-state index in [0.717, 1.165) is 12.8 Å². The SMILES string of the molecule is COC(=O)c1cc(C(=O)C(Cl)(Cl)Cl)cn1CC1(C)CCC1. The molecule has 7 heteroatoms. The van der Waals surface area contributed by atoms with E-state index >= 15 is 0 Å². The molecule has 0 amide bonds. The van der Waals surface area contributed by atoms with Gasteiger partial charge in [0.25, 0.3) is 3.79 Å². The first kappa shape index (κ1) is 16.7. The van der Waals surface area contributed by atoms with Gasteiger partial charge in [-0.05, 0) is 24.3 Å². The van der Waals surface area contributed by atoms with E-state index in [1.165, 1.54) is 19.6 Å². The molecule has 0 saturated heterocycles. The van der Waals surface area contributed by atoms with Crippen molar-refractivity contribution < 1.29 is 14.3 Å². The van der Waals surface area contributed by atoms with Gasteiger partial charge in [0.1, 0.15) is 5.69 Å². The van der Waals surface area contributed by atoms with Crippen molar-refractivity contribution in [2.24, 2.45) is 5.41 Å². The Labute approximate surface area is 138 Å². The number of ether oxygens (including phenoxy) is 1. The average Bonchev–Trinajstić information content (AvgIpc) is 2.77. The summed E-state index contributed by atoms with van der Waals surface area (Å²) in [5, 5.41) is 0. The standard InChI is InChI=1S/C14H16Cl3NO3/c1-13(4-3-5-13)8-18-7-9(11(19)14(15,16)17)6-10(18)12(20)21-2/h6-7H,3-5,8H2,1-2H3. The molecule has 1 aliphatic rings. The third-order valence-corrected chi connectivity index (χ3v) is 4.44. The van der Waals surface area contributed by atoms with Crippen LogP contribution in [0, 0.1) is 5.41 Å². The van der Waals surface area contributed by atoms with Crippen LogP contribution in [0.25, 0.3) is 0 Å². The Bertz CT molecular complexity index is 571. The van der Waals surface area contributed by atoms with Gasteiger partial charge in [-0.3, -0.25) is 4.79 Å². The summed E-state index contributed by atoms with van der Waals surface area (Å²) in [5.41, 5.74) is 0.615. The molecule has 4 nitrogen and oxygen atoms in total. The summed E-state index contributed by atoms with van der Waals surface area (Å²) in [4.78, 5) is 23.9. The van der Waals surface area contributed by atoms with Crippen LogP contribution >= 0.6 is 34.8 Å². The Morgan fingerprint density at radius 1 is 1.38 bits per heavy atom. The molecule has 116 valence electrons. The normalized spacial score (nSPS) is 17.2. The average molecular weight is 353 g/mol. The Morgan fingerprint density at radius 3 is 2.43 bits per heavy atom. The fraction of sp³-hybridized carbons (Fsp3) is 0.571. The first-order valence-electron chi connectivity index (χ1n) is 6.56. The van der Waals surface area contributed by atoms with E-state index < -0.39 is 15.5 Å². The number of Topliss-reactive ketones (excluding diaryl/α,β-unsaturated/α-hetero) is 1. The number of alkyl halides is 3. The first-order valence-corrected chi connectivity index (χ1v) is 7.70. The number of methoxy groups -OCH3 is 1. The third kappa shape index (κ3) is 3.55. The zero-order chi connectivity index (χ0) is 15.8. The van der Waals surface area contributed by atoms with E-state index in [1.807, 2.05) is 0 Å². The van der Waals surface area contributed by atoms with Gasteiger partial charge >= 0.3 is 5.97 Å². The number of carbonyl (C=O) groups is 2.